The molecule has 0 spiro atoms. The number of hydrazone groups is 1. The van der Waals surface area contributed by atoms with Gasteiger partial charge >= 0.3 is 6.18 Å². The molecule has 1 aliphatic heterocycles. The van der Waals surface area contributed by atoms with E-state index < -0.39 is 24.2 Å². The van der Waals surface area contributed by atoms with Crippen LogP contribution in [0.3, 0.4) is 0 Å². The van der Waals surface area contributed by atoms with E-state index in [1.807, 2.05) is 0 Å². The van der Waals surface area contributed by atoms with Crippen LogP contribution in [0, 0.1) is 0 Å². The maximum absolute atomic E-state index is 12.9. The van der Waals surface area contributed by atoms with Crippen molar-refractivity contribution in [3.8, 4) is 0 Å². The lowest BCUT2D eigenvalue weighted by Gasteiger charge is -2.32. The van der Waals surface area contributed by atoms with E-state index in [0.29, 0.717) is 0 Å². The fourth-order valence-corrected chi connectivity index (χ4v) is 1.75. The predicted octanol–water partition coefficient (Wildman–Crippen LogP) is 1.55. The van der Waals surface area contributed by atoms with Gasteiger partial charge in [0.15, 0.2) is 0 Å². The fraction of sp³-hybridized carbons (Fsp3) is 0.364. The first-order valence-electron chi connectivity index (χ1n) is 5.34. The van der Waals surface area contributed by atoms with Gasteiger partial charge in [0.2, 0.25) is 0 Å². The number of hydrogen-bond acceptors (Lipinski definition) is 4. The summed E-state index contributed by atoms with van der Waals surface area (Å²) in [5.74, 6) is -1.10. The van der Waals surface area contributed by atoms with E-state index in [4.69, 9.17) is 0 Å². The van der Waals surface area contributed by atoms with Crippen molar-refractivity contribution < 1.29 is 23.1 Å². The Morgan fingerprint density at radius 3 is 2.68 bits per heavy atom. The van der Waals surface area contributed by atoms with Gasteiger partial charge in [-0.2, -0.15) is 23.3 Å². The van der Waals surface area contributed by atoms with Crippen molar-refractivity contribution in [3.63, 3.8) is 0 Å². The Morgan fingerprint density at radius 2 is 2.16 bits per heavy atom. The topological polar surface area (TPSA) is 65.8 Å². The molecule has 2 rings (SSSR count). The summed E-state index contributed by atoms with van der Waals surface area (Å²) in [6.07, 6.45) is -4.50. The molecular weight excluding hydrogens is 263 g/mol. The van der Waals surface area contributed by atoms with E-state index in [1.54, 1.807) is 0 Å². The molecule has 8 heteroatoms. The average molecular weight is 273 g/mol. The molecular formula is C11H10F3N3O2. The van der Waals surface area contributed by atoms with Crippen molar-refractivity contribution in [3.05, 3.63) is 30.1 Å². The monoisotopic (exact) mass is 273 g/mol. The van der Waals surface area contributed by atoms with Crippen LogP contribution >= 0.6 is 0 Å². The number of alkyl halides is 3. The Labute approximate surface area is 106 Å². The van der Waals surface area contributed by atoms with Crippen LogP contribution < -0.4 is 0 Å². The minimum absolute atomic E-state index is 0.0177. The summed E-state index contributed by atoms with van der Waals surface area (Å²) in [5, 5.41) is 13.2. The Morgan fingerprint density at radius 1 is 1.47 bits per heavy atom. The molecule has 1 aromatic heterocycles. The summed E-state index contributed by atoms with van der Waals surface area (Å²) in [6, 6.07) is 4.23. The molecule has 19 heavy (non-hydrogen) atoms. The second kappa shape index (κ2) is 4.30. The van der Waals surface area contributed by atoms with Gasteiger partial charge in [0, 0.05) is 18.3 Å². The van der Waals surface area contributed by atoms with Crippen LogP contribution in [0.1, 0.15) is 23.8 Å². The molecule has 5 nitrogen and oxygen atoms in total. The molecule has 1 amide bonds. The minimum atomic E-state index is -5.00. The Balaban J connectivity index is 2.40. The second-order valence-corrected chi connectivity index (χ2v) is 4.16. The number of hydrogen-bond donors (Lipinski definition) is 1. The molecule has 0 radical (unpaired) electrons. The van der Waals surface area contributed by atoms with E-state index in [9.17, 15) is 23.1 Å². The molecule has 1 N–H and O–H groups in total. The molecule has 0 saturated heterocycles. The van der Waals surface area contributed by atoms with Gasteiger partial charge in [0.05, 0.1) is 0 Å². The Kier molecular flexibility index (Phi) is 3.05. The summed E-state index contributed by atoms with van der Waals surface area (Å²) in [6.45, 7) is 1.31. The Hall–Kier alpha value is -1.96. The quantitative estimate of drug-likeness (QED) is 0.844. The molecule has 1 aliphatic rings. The van der Waals surface area contributed by atoms with Gasteiger partial charge in [-0.05, 0) is 19.1 Å². The maximum atomic E-state index is 12.9. The number of pyridine rings is 1. The third-order valence-corrected chi connectivity index (χ3v) is 2.65. The average Bonchev–Trinajstić information content (AvgIpc) is 2.65. The first kappa shape index (κ1) is 13.5. The van der Waals surface area contributed by atoms with E-state index in [1.165, 1.54) is 31.3 Å². The summed E-state index contributed by atoms with van der Waals surface area (Å²) >= 11 is 0. The number of aromatic nitrogens is 1. The zero-order valence-electron chi connectivity index (χ0n) is 9.85. The van der Waals surface area contributed by atoms with Gasteiger partial charge in [-0.25, -0.2) is 0 Å². The normalized spacial score (nSPS) is 23.4. The van der Waals surface area contributed by atoms with Crippen molar-refractivity contribution in [2.45, 2.75) is 25.2 Å². The lowest BCUT2D eigenvalue weighted by atomic mass is 10.1. The van der Waals surface area contributed by atoms with E-state index in [2.05, 4.69) is 10.1 Å². The summed E-state index contributed by atoms with van der Waals surface area (Å²) in [5.41, 5.74) is -3.51. The van der Waals surface area contributed by atoms with Gasteiger partial charge in [-0.1, -0.05) is 6.07 Å². The van der Waals surface area contributed by atoms with Crippen LogP contribution in [-0.2, 0) is 0 Å². The lowest BCUT2D eigenvalue weighted by molar-refractivity contribution is -0.297. The highest BCUT2D eigenvalue weighted by molar-refractivity contribution is 5.96. The van der Waals surface area contributed by atoms with Crippen LogP contribution in [0.2, 0.25) is 0 Å². The van der Waals surface area contributed by atoms with Gasteiger partial charge in [0.25, 0.3) is 11.6 Å². The molecule has 0 bridgehead atoms. The molecule has 1 aromatic rings. The van der Waals surface area contributed by atoms with Crippen molar-refractivity contribution in [1.82, 2.24) is 9.99 Å². The predicted molar refractivity (Wildman–Crippen MR) is 59.1 cm³/mol. The highest BCUT2D eigenvalue weighted by atomic mass is 19.4. The number of rotatable bonds is 1. The zero-order valence-corrected chi connectivity index (χ0v) is 9.85. The smallest absolute Gasteiger partial charge is 0.362 e. The number of halogens is 3. The van der Waals surface area contributed by atoms with Gasteiger partial charge in [0.1, 0.15) is 5.69 Å². The standard InChI is InChI=1S/C11H10F3N3O2/c1-7-6-10(19,11(12,13)14)17(16-7)9(18)8-4-2-3-5-15-8/h2-5,19H,6H2,1H3/t10-/m0/s1. The van der Waals surface area contributed by atoms with Crippen molar-refractivity contribution >= 4 is 11.6 Å². The number of aliphatic hydroxyl groups is 1. The SMILES string of the molecule is CC1=NN(C(=O)c2ccccn2)[C@@](O)(C(F)(F)F)C1. The highest BCUT2D eigenvalue weighted by Crippen LogP contribution is 2.40. The van der Waals surface area contributed by atoms with Crippen LogP contribution in [0.25, 0.3) is 0 Å². The number of carbonyl (C=O) groups is 1. The summed E-state index contributed by atoms with van der Waals surface area (Å²) in [7, 11) is 0. The van der Waals surface area contributed by atoms with Crippen LogP contribution in [0.5, 0.6) is 0 Å². The molecule has 0 fully saturated rings. The molecule has 0 aliphatic carbocycles. The fourth-order valence-electron chi connectivity index (χ4n) is 1.75. The zero-order chi connectivity index (χ0) is 14.3. The first-order valence-corrected chi connectivity index (χ1v) is 5.34. The van der Waals surface area contributed by atoms with Crippen LogP contribution in [0.4, 0.5) is 13.2 Å². The minimum Gasteiger partial charge on any atom is -0.362 e. The number of nitrogens with zero attached hydrogens (tertiary/aromatic N) is 3. The molecule has 0 unspecified atom stereocenters. The first-order chi connectivity index (χ1) is 8.75. The molecule has 2 heterocycles. The summed E-state index contributed by atoms with van der Waals surface area (Å²) in [4.78, 5) is 15.6. The number of amides is 1. The molecule has 102 valence electrons. The van der Waals surface area contributed by atoms with Crippen molar-refractivity contribution in [2.24, 2.45) is 5.10 Å². The molecule has 0 aromatic carbocycles. The Bertz CT molecular complexity index is 530. The number of carbonyl (C=O) groups excluding carboxylic acids is 1. The second-order valence-electron chi connectivity index (χ2n) is 4.16. The lowest BCUT2D eigenvalue weighted by Crippen LogP contribution is -2.56. The molecule has 0 saturated carbocycles. The largest absolute Gasteiger partial charge is 0.438 e. The summed E-state index contributed by atoms with van der Waals surface area (Å²) < 4.78 is 38.7. The maximum Gasteiger partial charge on any atom is 0.438 e. The molecule has 1 atom stereocenters. The van der Waals surface area contributed by atoms with Crippen LogP contribution in [-0.4, -0.2) is 38.6 Å². The van der Waals surface area contributed by atoms with Crippen molar-refractivity contribution in [2.75, 3.05) is 0 Å². The van der Waals surface area contributed by atoms with Gasteiger partial charge in [-0.15, -0.1) is 0 Å². The highest BCUT2D eigenvalue weighted by Gasteiger charge is 2.62. The van der Waals surface area contributed by atoms with Gasteiger partial charge < -0.3 is 5.11 Å². The van der Waals surface area contributed by atoms with E-state index in [0.717, 1.165) is 0 Å². The van der Waals surface area contributed by atoms with E-state index in [-0.39, 0.29) is 16.4 Å². The van der Waals surface area contributed by atoms with E-state index >= 15 is 0 Å². The third-order valence-electron chi connectivity index (χ3n) is 2.65. The van der Waals surface area contributed by atoms with Crippen molar-refractivity contribution in [1.29, 1.82) is 0 Å². The van der Waals surface area contributed by atoms with Gasteiger partial charge in [-0.3, -0.25) is 9.78 Å². The third kappa shape index (κ3) is 2.19. The van der Waals surface area contributed by atoms with Crippen LogP contribution in [0.15, 0.2) is 29.5 Å².